The number of thiophene rings is 1. The molecule has 48 valence electrons. The van der Waals surface area contributed by atoms with E-state index in [1.54, 1.807) is 0 Å². The van der Waals surface area contributed by atoms with Gasteiger partial charge in [0.25, 0.3) is 5.91 Å². The van der Waals surface area contributed by atoms with Crippen LogP contribution in [0.15, 0.2) is 22.9 Å². The van der Waals surface area contributed by atoms with E-state index in [1.165, 1.54) is 0 Å². The predicted octanol–water partition coefficient (Wildman–Crippen LogP) is 0.921. The maximum absolute atomic E-state index is 10.3. The summed E-state index contributed by atoms with van der Waals surface area (Å²) in [7, 11) is 0.00694. The first-order valence-corrected chi connectivity index (χ1v) is 4.13. The van der Waals surface area contributed by atoms with E-state index in [9.17, 15) is 4.79 Å². The second-order valence-electron chi connectivity index (χ2n) is 1.74. The maximum Gasteiger partial charge on any atom is 0.272 e. The monoisotopic (exact) mass is 142 g/mol. The van der Waals surface area contributed by atoms with Crippen LogP contribution in [0.25, 0.3) is 0 Å². The second kappa shape index (κ2) is 2.64. The maximum atomic E-state index is 10.3. The number of nitrogens with two attached hydrogens (primary N) is 1. The molecule has 0 aliphatic carbocycles. The van der Waals surface area contributed by atoms with Crippen LogP contribution in [-0.2, 0) is 10.5 Å². The van der Waals surface area contributed by atoms with Crippen LogP contribution in [0.2, 0.25) is 0 Å². The summed E-state index contributed by atoms with van der Waals surface area (Å²) in [4.78, 5) is 10.3. The van der Waals surface area contributed by atoms with Crippen molar-refractivity contribution in [1.82, 2.24) is 0 Å². The fourth-order valence-corrected chi connectivity index (χ4v) is 1.80. The van der Waals surface area contributed by atoms with E-state index in [0.29, 0.717) is 5.75 Å². The Balaban J connectivity index is 2.58. The minimum absolute atomic E-state index is 0.00694. The van der Waals surface area contributed by atoms with E-state index >= 15 is 0 Å². The normalized spacial score (nSPS) is 9.33. The van der Waals surface area contributed by atoms with Gasteiger partial charge in [-0.15, -0.1) is 0 Å². The predicted molar refractivity (Wildman–Crippen MR) is 38.1 cm³/mol. The Morgan fingerprint density at radius 1 is 1.44 bits per heavy atom. The first kappa shape index (κ1) is 6.29. The van der Waals surface area contributed by atoms with Crippen molar-refractivity contribution in [3.05, 3.63) is 22.9 Å². The molecule has 1 rings (SSSR count). The van der Waals surface area contributed by atoms with Crippen molar-refractivity contribution < 1.29 is 4.79 Å². The molecule has 9 heavy (non-hydrogen) atoms. The number of hydrogen-bond acceptors (Lipinski definition) is 1. The first-order chi connectivity index (χ1) is 4.29. The Morgan fingerprint density at radius 3 is 2.44 bits per heavy atom. The summed E-state index contributed by atoms with van der Waals surface area (Å²) in [5.41, 5.74) is 4.97. The standard InChI is InChI=1S/C6H7NOS/c7-6(8)5-9-3-1-2-4-9/h1-4H,5H2,(H-,7,8)/p+1. The summed E-state index contributed by atoms with van der Waals surface area (Å²) in [5.74, 6) is 0.238. The summed E-state index contributed by atoms with van der Waals surface area (Å²) < 4.78 is 0. The zero-order valence-corrected chi connectivity index (χ0v) is 5.73. The molecule has 0 aliphatic heterocycles. The van der Waals surface area contributed by atoms with Crippen molar-refractivity contribution in [1.29, 1.82) is 0 Å². The third kappa shape index (κ3) is 1.85. The van der Waals surface area contributed by atoms with E-state index in [2.05, 4.69) is 0 Å². The number of amides is 1. The molecule has 0 spiro atoms. The topological polar surface area (TPSA) is 43.1 Å². The van der Waals surface area contributed by atoms with Gasteiger partial charge in [-0.2, -0.15) is 0 Å². The molecular formula is C6H8NOS+. The minimum Gasteiger partial charge on any atom is -0.365 e. The van der Waals surface area contributed by atoms with E-state index in [1.807, 2.05) is 22.9 Å². The molecule has 0 fully saturated rings. The van der Waals surface area contributed by atoms with Crippen LogP contribution in [0, 0.1) is 0 Å². The van der Waals surface area contributed by atoms with Crippen molar-refractivity contribution in [3.8, 4) is 0 Å². The van der Waals surface area contributed by atoms with E-state index in [0.717, 1.165) is 0 Å². The van der Waals surface area contributed by atoms with Gasteiger partial charge in [-0.05, 0) is 22.6 Å². The van der Waals surface area contributed by atoms with Crippen LogP contribution in [0.1, 0.15) is 0 Å². The lowest BCUT2D eigenvalue weighted by atomic mass is 10.7. The Kier molecular flexibility index (Phi) is 1.85. The molecule has 1 amide bonds. The molecule has 1 heterocycles. The fourth-order valence-electron chi connectivity index (χ4n) is 0.598. The summed E-state index contributed by atoms with van der Waals surface area (Å²) in [6, 6.07) is 3.87. The van der Waals surface area contributed by atoms with Gasteiger partial charge < -0.3 is 5.73 Å². The van der Waals surface area contributed by atoms with Crippen molar-refractivity contribution in [3.63, 3.8) is 0 Å². The van der Waals surface area contributed by atoms with Crippen molar-refractivity contribution >= 4 is 16.4 Å². The number of carbonyl (C=O) groups excluding carboxylic acids is 1. The highest BCUT2D eigenvalue weighted by atomic mass is 32.2. The van der Waals surface area contributed by atoms with Gasteiger partial charge in [0.1, 0.15) is 10.8 Å². The largest absolute Gasteiger partial charge is 0.365 e. The van der Waals surface area contributed by atoms with E-state index in [-0.39, 0.29) is 16.4 Å². The Labute approximate surface area is 56.3 Å². The number of carbonyl (C=O) groups is 1. The van der Waals surface area contributed by atoms with Crippen molar-refractivity contribution in [2.45, 2.75) is 5.75 Å². The lowest BCUT2D eigenvalue weighted by Gasteiger charge is -1.79. The Hall–Kier alpha value is -0.830. The molecule has 0 saturated heterocycles. The van der Waals surface area contributed by atoms with Crippen LogP contribution >= 0.6 is 10.5 Å². The van der Waals surface area contributed by atoms with Crippen molar-refractivity contribution in [2.75, 3.05) is 0 Å². The molecule has 2 nitrogen and oxygen atoms in total. The Morgan fingerprint density at radius 2 is 2.00 bits per heavy atom. The highest BCUT2D eigenvalue weighted by Gasteiger charge is 2.04. The molecule has 2 N–H and O–H groups in total. The van der Waals surface area contributed by atoms with Crippen LogP contribution in [0.3, 0.4) is 0 Å². The average Bonchev–Trinajstić information content (AvgIpc) is 2.15. The Bertz CT molecular complexity index is 193. The van der Waals surface area contributed by atoms with Gasteiger partial charge in [0.2, 0.25) is 5.75 Å². The van der Waals surface area contributed by atoms with Crippen LogP contribution in [0.4, 0.5) is 0 Å². The van der Waals surface area contributed by atoms with Gasteiger partial charge in [-0.25, -0.2) is 0 Å². The number of rotatable bonds is 2. The quantitative estimate of drug-likeness (QED) is 0.613. The minimum atomic E-state index is -0.227. The van der Waals surface area contributed by atoms with Gasteiger partial charge in [-0.1, -0.05) is 0 Å². The highest BCUT2D eigenvalue weighted by molar-refractivity contribution is 7.28. The van der Waals surface area contributed by atoms with E-state index in [4.69, 9.17) is 5.73 Å². The van der Waals surface area contributed by atoms with Gasteiger partial charge in [0, 0.05) is 0 Å². The number of primary amides is 1. The third-order valence-electron chi connectivity index (χ3n) is 0.927. The average molecular weight is 142 g/mol. The van der Waals surface area contributed by atoms with Gasteiger partial charge in [0.15, 0.2) is 0 Å². The van der Waals surface area contributed by atoms with Crippen molar-refractivity contribution in [2.24, 2.45) is 5.73 Å². The molecule has 0 unspecified atom stereocenters. The van der Waals surface area contributed by atoms with Gasteiger partial charge >= 0.3 is 0 Å². The van der Waals surface area contributed by atoms with E-state index < -0.39 is 0 Å². The molecule has 1 aromatic heterocycles. The smallest absolute Gasteiger partial charge is 0.272 e. The molecule has 0 aliphatic rings. The SMILES string of the molecule is NC(=O)C[s+]1cccc1. The molecule has 0 bridgehead atoms. The molecule has 1 aromatic rings. The van der Waals surface area contributed by atoms with Crippen LogP contribution in [-0.4, -0.2) is 5.91 Å². The second-order valence-corrected chi connectivity index (χ2v) is 3.51. The molecule has 0 radical (unpaired) electrons. The summed E-state index contributed by atoms with van der Waals surface area (Å²) in [5, 5.41) is 3.98. The number of hydrogen-bond donors (Lipinski definition) is 1. The van der Waals surface area contributed by atoms with Crippen LogP contribution < -0.4 is 5.73 Å². The summed E-state index contributed by atoms with van der Waals surface area (Å²) in [6.07, 6.45) is 0. The lowest BCUT2D eigenvalue weighted by Crippen LogP contribution is -2.10. The molecule has 0 saturated carbocycles. The summed E-state index contributed by atoms with van der Waals surface area (Å²) in [6.45, 7) is 0. The molecule has 0 atom stereocenters. The van der Waals surface area contributed by atoms with Crippen LogP contribution in [0.5, 0.6) is 0 Å². The lowest BCUT2D eigenvalue weighted by molar-refractivity contribution is -0.116. The highest BCUT2D eigenvalue weighted by Crippen LogP contribution is 2.16. The molecule has 0 aromatic carbocycles. The van der Waals surface area contributed by atoms with Gasteiger partial charge in [0.05, 0.1) is 0 Å². The summed E-state index contributed by atoms with van der Waals surface area (Å²) >= 11 is 0. The molecule has 3 heteroatoms. The third-order valence-corrected chi connectivity index (χ3v) is 2.56. The zero-order valence-electron chi connectivity index (χ0n) is 4.91. The first-order valence-electron chi connectivity index (χ1n) is 2.61. The fraction of sp³-hybridized carbons (Fsp3) is 0.167. The zero-order chi connectivity index (χ0) is 6.69. The molecular weight excluding hydrogens is 134 g/mol. The van der Waals surface area contributed by atoms with Gasteiger partial charge in [-0.3, -0.25) is 4.79 Å².